The van der Waals surface area contributed by atoms with Gasteiger partial charge in [-0.05, 0) is 52.0 Å². The van der Waals surface area contributed by atoms with E-state index in [1.54, 1.807) is 0 Å². The number of hydrogen-bond acceptors (Lipinski definition) is 2. The smallest absolute Gasteiger partial charge is 0.0983 e. The minimum absolute atomic E-state index is 0.160. The molecule has 15 heavy (non-hydrogen) atoms. The van der Waals surface area contributed by atoms with Crippen LogP contribution in [-0.2, 0) is 4.74 Å². The number of hydrogen-bond donors (Lipinski definition) is 1. The van der Waals surface area contributed by atoms with Crippen molar-refractivity contribution < 1.29 is 9.84 Å². The lowest BCUT2D eigenvalue weighted by atomic mass is 10.0. The van der Waals surface area contributed by atoms with Crippen LogP contribution in [0.1, 0.15) is 52.9 Å². The molecule has 0 amide bonds. The van der Waals surface area contributed by atoms with E-state index in [4.69, 9.17) is 4.74 Å². The fourth-order valence-electron chi connectivity index (χ4n) is 1.78. The molecule has 1 N–H and O–H groups in total. The van der Waals surface area contributed by atoms with E-state index in [1.807, 2.05) is 20.8 Å². The molecule has 0 radical (unpaired) electrons. The van der Waals surface area contributed by atoms with Crippen molar-refractivity contribution in [2.75, 3.05) is 6.61 Å². The topological polar surface area (TPSA) is 29.5 Å². The van der Waals surface area contributed by atoms with Gasteiger partial charge in [0.05, 0.1) is 18.3 Å². The summed E-state index contributed by atoms with van der Waals surface area (Å²) in [6.07, 6.45) is 7.70. The third-order valence-corrected chi connectivity index (χ3v) is 2.68. The van der Waals surface area contributed by atoms with E-state index in [-0.39, 0.29) is 5.60 Å². The Hall–Kier alpha value is -0.340. The SMILES string of the molecule is CC(C)(C)OCC(O)C1=CCCCCC1. The molecule has 0 spiro atoms. The van der Waals surface area contributed by atoms with E-state index >= 15 is 0 Å². The first kappa shape index (κ1) is 12.7. The summed E-state index contributed by atoms with van der Waals surface area (Å²) in [6, 6.07) is 0. The summed E-state index contributed by atoms with van der Waals surface area (Å²) >= 11 is 0. The van der Waals surface area contributed by atoms with Crippen molar-refractivity contribution in [2.45, 2.75) is 64.6 Å². The highest BCUT2D eigenvalue weighted by Gasteiger charge is 2.17. The molecule has 0 saturated carbocycles. The molecule has 1 aliphatic rings. The van der Waals surface area contributed by atoms with Crippen LogP contribution in [0.2, 0.25) is 0 Å². The minimum atomic E-state index is -0.401. The Morgan fingerprint density at radius 1 is 1.33 bits per heavy atom. The molecule has 1 rings (SSSR count). The maximum atomic E-state index is 9.97. The molecule has 1 atom stereocenters. The van der Waals surface area contributed by atoms with E-state index in [0.29, 0.717) is 6.61 Å². The van der Waals surface area contributed by atoms with Gasteiger partial charge in [-0.1, -0.05) is 12.5 Å². The van der Waals surface area contributed by atoms with Gasteiger partial charge in [-0.3, -0.25) is 0 Å². The molecule has 1 aliphatic carbocycles. The Morgan fingerprint density at radius 2 is 2.07 bits per heavy atom. The standard InChI is InChI=1S/C13H24O2/c1-13(2,3)15-10-12(14)11-8-6-4-5-7-9-11/h8,12,14H,4-7,9-10H2,1-3H3. The van der Waals surface area contributed by atoms with Crippen LogP contribution < -0.4 is 0 Å². The van der Waals surface area contributed by atoms with Crippen molar-refractivity contribution in [3.8, 4) is 0 Å². The maximum Gasteiger partial charge on any atom is 0.0983 e. The van der Waals surface area contributed by atoms with E-state index in [9.17, 15) is 5.11 Å². The van der Waals surface area contributed by atoms with Crippen molar-refractivity contribution in [1.82, 2.24) is 0 Å². The Balaban J connectivity index is 2.38. The predicted octanol–water partition coefficient (Wildman–Crippen LogP) is 3.05. The Kier molecular flexibility index (Phi) is 4.81. The normalized spacial score (nSPS) is 20.7. The average Bonchev–Trinajstić information content (AvgIpc) is 2.41. The van der Waals surface area contributed by atoms with Crippen molar-refractivity contribution in [3.05, 3.63) is 11.6 Å². The third-order valence-electron chi connectivity index (χ3n) is 2.68. The Labute approximate surface area is 93.3 Å². The van der Waals surface area contributed by atoms with Gasteiger partial charge in [-0.15, -0.1) is 0 Å². The highest BCUT2D eigenvalue weighted by Crippen LogP contribution is 2.21. The lowest BCUT2D eigenvalue weighted by Crippen LogP contribution is -2.27. The maximum absolute atomic E-state index is 9.97. The number of allylic oxidation sites excluding steroid dienone is 1. The number of aliphatic hydroxyl groups excluding tert-OH is 1. The highest BCUT2D eigenvalue weighted by atomic mass is 16.5. The molecule has 0 fully saturated rings. The first-order valence-electron chi connectivity index (χ1n) is 6.00. The van der Waals surface area contributed by atoms with Crippen LogP contribution in [0.5, 0.6) is 0 Å². The molecule has 2 heteroatoms. The summed E-state index contributed by atoms with van der Waals surface area (Å²) in [5.74, 6) is 0. The van der Waals surface area contributed by atoms with Crippen LogP contribution in [0.15, 0.2) is 11.6 Å². The van der Waals surface area contributed by atoms with Gasteiger partial charge in [0.1, 0.15) is 0 Å². The number of aliphatic hydroxyl groups is 1. The number of rotatable bonds is 3. The summed E-state index contributed by atoms with van der Waals surface area (Å²) in [5, 5.41) is 9.97. The van der Waals surface area contributed by atoms with E-state index in [1.165, 1.54) is 24.8 Å². The molecule has 0 saturated heterocycles. The summed E-state index contributed by atoms with van der Waals surface area (Å²) < 4.78 is 5.59. The van der Waals surface area contributed by atoms with Crippen LogP contribution in [-0.4, -0.2) is 23.4 Å². The zero-order valence-electron chi connectivity index (χ0n) is 10.3. The second kappa shape index (κ2) is 5.66. The largest absolute Gasteiger partial charge is 0.386 e. The summed E-state index contributed by atoms with van der Waals surface area (Å²) in [7, 11) is 0. The first-order valence-corrected chi connectivity index (χ1v) is 6.00. The first-order chi connectivity index (χ1) is 6.99. The average molecular weight is 212 g/mol. The van der Waals surface area contributed by atoms with Gasteiger partial charge in [-0.2, -0.15) is 0 Å². The zero-order chi connectivity index (χ0) is 11.3. The van der Waals surface area contributed by atoms with Crippen molar-refractivity contribution in [2.24, 2.45) is 0 Å². The Bertz CT molecular complexity index is 213. The van der Waals surface area contributed by atoms with Crippen molar-refractivity contribution >= 4 is 0 Å². The van der Waals surface area contributed by atoms with E-state index < -0.39 is 6.10 Å². The molecule has 2 nitrogen and oxygen atoms in total. The van der Waals surface area contributed by atoms with Gasteiger partial charge in [0.15, 0.2) is 0 Å². The van der Waals surface area contributed by atoms with Gasteiger partial charge in [0, 0.05) is 0 Å². The van der Waals surface area contributed by atoms with Crippen LogP contribution in [0.3, 0.4) is 0 Å². The lowest BCUT2D eigenvalue weighted by molar-refractivity contribution is -0.0400. The van der Waals surface area contributed by atoms with Crippen molar-refractivity contribution in [3.63, 3.8) is 0 Å². The van der Waals surface area contributed by atoms with Crippen LogP contribution >= 0.6 is 0 Å². The van der Waals surface area contributed by atoms with Gasteiger partial charge < -0.3 is 9.84 Å². The second-order valence-electron chi connectivity index (χ2n) is 5.32. The van der Waals surface area contributed by atoms with Crippen LogP contribution in [0.4, 0.5) is 0 Å². The molecule has 0 aromatic carbocycles. The molecule has 0 aromatic heterocycles. The van der Waals surface area contributed by atoms with E-state index in [2.05, 4.69) is 6.08 Å². The Morgan fingerprint density at radius 3 is 2.73 bits per heavy atom. The zero-order valence-corrected chi connectivity index (χ0v) is 10.3. The predicted molar refractivity (Wildman–Crippen MR) is 62.9 cm³/mol. The minimum Gasteiger partial charge on any atom is -0.386 e. The van der Waals surface area contributed by atoms with Gasteiger partial charge in [0.25, 0.3) is 0 Å². The monoisotopic (exact) mass is 212 g/mol. The van der Waals surface area contributed by atoms with Gasteiger partial charge in [-0.25, -0.2) is 0 Å². The third kappa shape index (κ3) is 5.33. The van der Waals surface area contributed by atoms with Gasteiger partial charge in [0.2, 0.25) is 0 Å². The number of ether oxygens (including phenoxy) is 1. The molecular weight excluding hydrogens is 188 g/mol. The van der Waals surface area contributed by atoms with Gasteiger partial charge >= 0.3 is 0 Å². The molecular formula is C13H24O2. The summed E-state index contributed by atoms with van der Waals surface area (Å²) in [5.41, 5.74) is 1.02. The van der Waals surface area contributed by atoms with Crippen molar-refractivity contribution in [1.29, 1.82) is 0 Å². The quantitative estimate of drug-likeness (QED) is 0.729. The fraction of sp³-hybridized carbons (Fsp3) is 0.846. The van der Waals surface area contributed by atoms with Crippen LogP contribution in [0.25, 0.3) is 0 Å². The molecule has 0 aromatic rings. The molecule has 0 bridgehead atoms. The molecule has 0 aliphatic heterocycles. The van der Waals surface area contributed by atoms with Crippen LogP contribution in [0, 0.1) is 0 Å². The summed E-state index contributed by atoms with van der Waals surface area (Å²) in [6.45, 7) is 6.47. The second-order valence-corrected chi connectivity index (χ2v) is 5.32. The lowest BCUT2D eigenvalue weighted by Gasteiger charge is -2.23. The molecule has 88 valence electrons. The summed E-state index contributed by atoms with van der Waals surface area (Å²) in [4.78, 5) is 0. The molecule has 1 unspecified atom stereocenters. The molecule has 0 heterocycles. The highest BCUT2D eigenvalue weighted by molar-refractivity contribution is 5.09. The van der Waals surface area contributed by atoms with E-state index in [0.717, 1.165) is 12.8 Å². The fourth-order valence-corrected chi connectivity index (χ4v) is 1.78.